The van der Waals surface area contributed by atoms with Crippen molar-refractivity contribution in [1.82, 2.24) is 0 Å². The summed E-state index contributed by atoms with van der Waals surface area (Å²) in [5.74, 6) is -0.307. The van der Waals surface area contributed by atoms with Crippen LogP contribution in [0.3, 0.4) is 0 Å². The highest BCUT2D eigenvalue weighted by atomic mass is 16.7. The fraction of sp³-hybridized carbons (Fsp3) is 0.125. The van der Waals surface area contributed by atoms with Crippen molar-refractivity contribution < 1.29 is 24.5 Å². The van der Waals surface area contributed by atoms with Crippen molar-refractivity contribution in [3.05, 3.63) is 18.2 Å². The summed E-state index contributed by atoms with van der Waals surface area (Å²) >= 11 is 0. The molecule has 1 aromatic rings. The third-order valence-corrected chi connectivity index (χ3v) is 1.38. The average Bonchev–Trinajstić information content (AvgIpc) is 2.08. The Balaban J connectivity index is 3.01. The molecule has 0 aliphatic rings. The molecule has 1 aromatic carbocycles. The Morgan fingerprint density at radius 2 is 2.00 bits per heavy atom. The lowest BCUT2D eigenvalue weighted by molar-refractivity contribution is 0.142. The van der Waals surface area contributed by atoms with E-state index < -0.39 is 6.16 Å². The summed E-state index contributed by atoms with van der Waals surface area (Å²) in [7, 11) is 1.36. The van der Waals surface area contributed by atoms with Gasteiger partial charge in [-0.2, -0.15) is 0 Å². The van der Waals surface area contributed by atoms with Crippen LogP contribution in [-0.4, -0.2) is 23.5 Å². The molecule has 1 rings (SSSR count). The van der Waals surface area contributed by atoms with Gasteiger partial charge >= 0.3 is 6.16 Å². The molecule has 0 saturated heterocycles. The van der Waals surface area contributed by atoms with E-state index in [4.69, 9.17) is 9.84 Å². The van der Waals surface area contributed by atoms with Crippen LogP contribution in [0.25, 0.3) is 0 Å². The number of methoxy groups -OCH3 is 1. The van der Waals surface area contributed by atoms with Gasteiger partial charge in [-0.25, -0.2) is 4.79 Å². The van der Waals surface area contributed by atoms with Crippen molar-refractivity contribution in [1.29, 1.82) is 0 Å². The molecule has 0 radical (unpaired) electrons. The minimum atomic E-state index is -1.48. The molecule has 0 fully saturated rings. The largest absolute Gasteiger partial charge is 0.511 e. The first-order valence-electron chi connectivity index (χ1n) is 3.42. The summed E-state index contributed by atoms with van der Waals surface area (Å²) in [5.41, 5.74) is 0. The standard InChI is InChI=1S/C8H8O5/c1-12-5-3-2-4-6(7(5)9)13-8(10)11/h2-4,9H,1H3,(H,10,11). The molecular weight excluding hydrogens is 176 g/mol. The van der Waals surface area contributed by atoms with Gasteiger partial charge in [-0.1, -0.05) is 6.07 Å². The van der Waals surface area contributed by atoms with Gasteiger partial charge in [0.1, 0.15) is 0 Å². The van der Waals surface area contributed by atoms with E-state index in [0.717, 1.165) is 0 Å². The molecule has 0 heterocycles. The van der Waals surface area contributed by atoms with E-state index in [2.05, 4.69) is 4.74 Å². The SMILES string of the molecule is COc1cccc(OC(=O)O)c1O. The van der Waals surface area contributed by atoms with Gasteiger partial charge in [-0.05, 0) is 12.1 Å². The number of aromatic hydroxyl groups is 1. The van der Waals surface area contributed by atoms with Crippen LogP contribution in [0.5, 0.6) is 17.2 Å². The number of phenols is 1. The van der Waals surface area contributed by atoms with E-state index in [0.29, 0.717) is 0 Å². The Hall–Kier alpha value is -1.91. The highest BCUT2D eigenvalue weighted by molar-refractivity contribution is 5.64. The number of para-hydroxylation sites is 1. The van der Waals surface area contributed by atoms with Crippen LogP contribution >= 0.6 is 0 Å². The minimum absolute atomic E-state index is 0.146. The summed E-state index contributed by atoms with van der Waals surface area (Å²) in [6.45, 7) is 0. The number of hydrogen-bond acceptors (Lipinski definition) is 4. The van der Waals surface area contributed by atoms with Gasteiger partial charge < -0.3 is 19.7 Å². The predicted octanol–water partition coefficient (Wildman–Crippen LogP) is 1.46. The van der Waals surface area contributed by atoms with Crippen molar-refractivity contribution in [3.8, 4) is 17.2 Å². The maximum atomic E-state index is 10.1. The molecule has 0 spiro atoms. The molecule has 0 saturated carbocycles. The van der Waals surface area contributed by atoms with Crippen LogP contribution < -0.4 is 9.47 Å². The number of benzene rings is 1. The van der Waals surface area contributed by atoms with Gasteiger partial charge in [0.2, 0.25) is 5.75 Å². The molecule has 0 bridgehead atoms. The zero-order valence-electron chi connectivity index (χ0n) is 6.85. The summed E-state index contributed by atoms with van der Waals surface area (Å²) in [6.07, 6.45) is -1.48. The molecule has 0 unspecified atom stereocenters. The predicted molar refractivity (Wildman–Crippen MR) is 43.3 cm³/mol. The molecule has 0 aromatic heterocycles. The molecule has 5 nitrogen and oxygen atoms in total. The van der Waals surface area contributed by atoms with E-state index in [1.54, 1.807) is 0 Å². The summed E-state index contributed by atoms with van der Waals surface area (Å²) in [4.78, 5) is 10.1. The lowest BCUT2D eigenvalue weighted by Crippen LogP contribution is -2.03. The van der Waals surface area contributed by atoms with Gasteiger partial charge in [-0.3, -0.25) is 0 Å². The van der Waals surface area contributed by atoms with E-state index >= 15 is 0 Å². The number of hydrogen-bond donors (Lipinski definition) is 2. The monoisotopic (exact) mass is 184 g/mol. The number of carbonyl (C=O) groups is 1. The second kappa shape index (κ2) is 3.66. The molecule has 70 valence electrons. The van der Waals surface area contributed by atoms with Gasteiger partial charge in [0, 0.05) is 0 Å². The fourth-order valence-corrected chi connectivity index (χ4v) is 0.843. The Morgan fingerprint density at radius 1 is 1.38 bits per heavy atom. The van der Waals surface area contributed by atoms with Crippen LogP contribution in [0, 0.1) is 0 Å². The van der Waals surface area contributed by atoms with Crippen molar-refractivity contribution >= 4 is 6.16 Å². The molecule has 0 amide bonds. The quantitative estimate of drug-likeness (QED) is 0.537. The van der Waals surface area contributed by atoms with Crippen LogP contribution in [0.2, 0.25) is 0 Å². The highest BCUT2D eigenvalue weighted by Gasteiger charge is 2.10. The second-order valence-electron chi connectivity index (χ2n) is 2.17. The highest BCUT2D eigenvalue weighted by Crippen LogP contribution is 2.35. The smallest absolute Gasteiger partial charge is 0.502 e. The number of carboxylic acid groups (broad SMARTS) is 1. The Bertz CT molecular complexity index is 320. The maximum absolute atomic E-state index is 10.1. The van der Waals surface area contributed by atoms with Gasteiger partial charge in [-0.15, -0.1) is 0 Å². The van der Waals surface area contributed by atoms with Gasteiger partial charge in [0.15, 0.2) is 11.5 Å². The lowest BCUT2D eigenvalue weighted by atomic mass is 10.3. The van der Waals surface area contributed by atoms with E-state index in [1.807, 2.05) is 0 Å². The topological polar surface area (TPSA) is 76.0 Å². The van der Waals surface area contributed by atoms with Crippen molar-refractivity contribution in [2.45, 2.75) is 0 Å². The van der Waals surface area contributed by atoms with E-state index in [1.165, 1.54) is 25.3 Å². The summed E-state index contributed by atoms with van der Waals surface area (Å²) < 4.78 is 9.02. The zero-order valence-corrected chi connectivity index (χ0v) is 6.85. The number of rotatable bonds is 2. The molecule has 2 N–H and O–H groups in total. The first kappa shape index (κ1) is 9.18. The molecule has 0 aliphatic carbocycles. The maximum Gasteiger partial charge on any atom is 0.511 e. The normalized spacial score (nSPS) is 9.31. The molecule has 13 heavy (non-hydrogen) atoms. The molecule has 0 atom stereocenters. The average molecular weight is 184 g/mol. The van der Waals surface area contributed by atoms with E-state index in [-0.39, 0.29) is 17.2 Å². The first-order valence-corrected chi connectivity index (χ1v) is 3.42. The van der Waals surface area contributed by atoms with Crippen LogP contribution in [0.4, 0.5) is 4.79 Å². The third-order valence-electron chi connectivity index (χ3n) is 1.38. The van der Waals surface area contributed by atoms with E-state index in [9.17, 15) is 9.90 Å². The van der Waals surface area contributed by atoms with Crippen molar-refractivity contribution in [3.63, 3.8) is 0 Å². The fourth-order valence-electron chi connectivity index (χ4n) is 0.843. The third kappa shape index (κ3) is 2.02. The molecule has 0 aliphatic heterocycles. The Morgan fingerprint density at radius 3 is 2.54 bits per heavy atom. The zero-order chi connectivity index (χ0) is 9.84. The van der Waals surface area contributed by atoms with Crippen molar-refractivity contribution in [2.24, 2.45) is 0 Å². The first-order chi connectivity index (χ1) is 6.15. The van der Waals surface area contributed by atoms with Crippen molar-refractivity contribution in [2.75, 3.05) is 7.11 Å². The summed E-state index contributed by atoms with van der Waals surface area (Å²) in [5, 5.41) is 17.6. The van der Waals surface area contributed by atoms with Crippen LogP contribution in [-0.2, 0) is 0 Å². The van der Waals surface area contributed by atoms with Crippen LogP contribution in [0.15, 0.2) is 18.2 Å². The number of phenolic OH excluding ortho intramolecular Hbond substituents is 1. The molecule has 5 heteroatoms. The molecular formula is C8H8O5. The Labute approximate surface area is 74.1 Å². The van der Waals surface area contributed by atoms with Crippen LogP contribution in [0.1, 0.15) is 0 Å². The number of ether oxygens (including phenoxy) is 2. The lowest BCUT2D eigenvalue weighted by Gasteiger charge is -2.06. The Kier molecular flexibility index (Phi) is 2.59. The van der Waals surface area contributed by atoms with Gasteiger partial charge in [0.25, 0.3) is 0 Å². The van der Waals surface area contributed by atoms with Gasteiger partial charge in [0.05, 0.1) is 7.11 Å². The summed E-state index contributed by atoms with van der Waals surface area (Å²) in [6, 6.07) is 4.33. The minimum Gasteiger partial charge on any atom is -0.502 e. The second-order valence-corrected chi connectivity index (χ2v) is 2.17.